The van der Waals surface area contributed by atoms with Gasteiger partial charge in [-0.1, -0.05) is 18.2 Å². The molecule has 2 aliphatic rings. The predicted octanol–water partition coefficient (Wildman–Crippen LogP) is 1.10. The minimum atomic E-state index is -0.269. The van der Waals surface area contributed by atoms with Gasteiger partial charge in [0.25, 0.3) is 0 Å². The van der Waals surface area contributed by atoms with Crippen molar-refractivity contribution >= 4 is 17.6 Å². The Kier molecular flexibility index (Phi) is 4.29. The zero-order chi connectivity index (χ0) is 15.5. The van der Waals surface area contributed by atoms with Gasteiger partial charge < -0.3 is 10.2 Å². The van der Waals surface area contributed by atoms with Crippen LogP contribution in [0.4, 0.5) is 10.5 Å². The van der Waals surface area contributed by atoms with Crippen LogP contribution in [0.2, 0.25) is 0 Å². The smallest absolute Gasteiger partial charge is 0.325 e. The first-order valence-electron chi connectivity index (χ1n) is 7.84. The third-order valence-corrected chi connectivity index (χ3v) is 4.40. The second kappa shape index (κ2) is 6.36. The number of carbonyl (C=O) groups is 2. The van der Waals surface area contributed by atoms with Gasteiger partial charge in [-0.2, -0.15) is 0 Å². The van der Waals surface area contributed by atoms with Crippen molar-refractivity contribution in [3.63, 3.8) is 0 Å². The molecule has 22 heavy (non-hydrogen) atoms. The third kappa shape index (κ3) is 2.92. The topological polar surface area (TPSA) is 55.9 Å². The number of hydrogen-bond donors (Lipinski definition) is 1. The van der Waals surface area contributed by atoms with Crippen LogP contribution in [0.3, 0.4) is 0 Å². The first-order valence-corrected chi connectivity index (χ1v) is 7.84. The Morgan fingerprint density at radius 1 is 1.09 bits per heavy atom. The van der Waals surface area contributed by atoms with Crippen LogP contribution in [0.1, 0.15) is 13.3 Å². The van der Waals surface area contributed by atoms with Crippen LogP contribution in [-0.4, -0.2) is 60.6 Å². The Morgan fingerprint density at radius 3 is 2.36 bits per heavy atom. The average molecular weight is 302 g/mol. The summed E-state index contributed by atoms with van der Waals surface area (Å²) in [6.45, 7) is 5.75. The van der Waals surface area contributed by atoms with Crippen LogP contribution in [-0.2, 0) is 4.79 Å². The van der Waals surface area contributed by atoms with E-state index in [2.05, 4.69) is 27.2 Å². The maximum atomic E-state index is 12.0. The van der Waals surface area contributed by atoms with E-state index in [1.807, 2.05) is 25.1 Å². The molecule has 1 unspecified atom stereocenters. The normalized spacial score (nSPS) is 23.6. The molecular formula is C16H22N4O2. The molecule has 6 nitrogen and oxygen atoms in total. The molecule has 0 radical (unpaired) electrons. The summed E-state index contributed by atoms with van der Waals surface area (Å²) in [5.74, 6) is -0.0817. The number of hydrogen-bond acceptors (Lipinski definition) is 4. The van der Waals surface area contributed by atoms with Gasteiger partial charge in [-0.15, -0.1) is 0 Å². The van der Waals surface area contributed by atoms with Gasteiger partial charge in [0.15, 0.2) is 0 Å². The van der Waals surface area contributed by atoms with Crippen molar-refractivity contribution in [2.45, 2.75) is 19.5 Å². The standard InChI is InChI=1S/C16H22N4O2/c1-2-20-15(21)12-14(17-16(20)22)19-10-8-18(9-11-19)13-6-4-3-5-7-13/h3-7,14H,2,8-12H2,1H3,(H,17,22). The van der Waals surface area contributed by atoms with E-state index < -0.39 is 0 Å². The third-order valence-electron chi connectivity index (χ3n) is 4.40. The zero-order valence-electron chi connectivity index (χ0n) is 12.9. The summed E-state index contributed by atoms with van der Waals surface area (Å²) in [5.41, 5.74) is 1.23. The van der Waals surface area contributed by atoms with Gasteiger partial charge >= 0.3 is 6.03 Å². The minimum Gasteiger partial charge on any atom is -0.369 e. The molecule has 1 aromatic rings. The van der Waals surface area contributed by atoms with E-state index >= 15 is 0 Å². The Labute approximate surface area is 130 Å². The summed E-state index contributed by atoms with van der Waals surface area (Å²) >= 11 is 0. The lowest BCUT2D eigenvalue weighted by Crippen LogP contribution is -2.63. The zero-order valence-corrected chi connectivity index (χ0v) is 12.9. The number of nitrogens with one attached hydrogen (secondary N) is 1. The first kappa shape index (κ1) is 14.8. The second-order valence-corrected chi connectivity index (χ2v) is 5.67. The van der Waals surface area contributed by atoms with Gasteiger partial charge in [0.2, 0.25) is 5.91 Å². The van der Waals surface area contributed by atoms with Gasteiger partial charge in [-0.25, -0.2) is 4.79 Å². The number of carbonyl (C=O) groups excluding carboxylic acids is 2. The molecular weight excluding hydrogens is 280 g/mol. The van der Waals surface area contributed by atoms with Gasteiger partial charge in [0.1, 0.15) is 0 Å². The summed E-state index contributed by atoms with van der Waals surface area (Å²) in [7, 11) is 0. The molecule has 1 aromatic carbocycles. The molecule has 0 aliphatic carbocycles. The van der Waals surface area contributed by atoms with E-state index in [4.69, 9.17) is 0 Å². The van der Waals surface area contributed by atoms with Crippen LogP contribution in [0.15, 0.2) is 30.3 Å². The summed E-state index contributed by atoms with van der Waals surface area (Å²) in [5, 5.41) is 2.95. The van der Waals surface area contributed by atoms with E-state index in [-0.39, 0.29) is 18.1 Å². The Balaban J connectivity index is 1.58. The van der Waals surface area contributed by atoms with E-state index in [9.17, 15) is 9.59 Å². The van der Waals surface area contributed by atoms with Crippen molar-refractivity contribution in [1.29, 1.82) is 0 Å². The van der Waals surface area contributed by atoms with Crippen molar-refractivity contribution in [3.05, 3.63) is 30.3 Å². The molecule has 6 heteroatoms. The lowest BCUT2D eigenvalue weighted by molar-refractivity contribution is -0.131. The molecule has 2 saturated heterocycles. The van der Waals surface area contributed by atoms with Crippen LogP contribution in [0.5, 0.6) is 0 Å². The molecule has 0 bridgehead atoms. The van der Waals surface area contributed by atoms with Gasteiger partial charge in [0.05, 0.1) is 12.6 Å². The highest BCUT2D eigenvalue weighted by molar-refractivity contribution is 5.97. The summed E-state index contributed by atoms with van der Waals surface area (Å²) < 4.78 is 0. The Morgan fingerprint density at radius 2 is 1.77 bits per heavy atom. The Bertz CT molecular complexity index is 522. The SMILES string of the molecule is CCN1C(=O)CC(N2CCN(c3ccccc3)CC2)NC1=O. The Hall–Kier alpha value is -2.08. The lowest BCUT2D eigenvalue weighted by Gasteiger charge is -2.42. The van der Waals surface area contributed by atoms with Crippen molar-refractivity contribution < 1.29 is 9.59 Å². The van der Waals surface area contributed by atoms with Gasteiger partial charge in [0, 0.05) is 38.4 Å². The molecule has 3 rings (SSSR count). The van der Waals surface area contributed by atoms with E-state index in [0.717, 1.165) is 26.2 Å². The van der Waals surface area contributed by atoms with Gasteiger partial charge in [-0.3, -0.25) is 14.6 Å². The molecule has 0 aromatic heterocycles. The van der Waals surface area contributed by atoms with Crippen LogP contribution >= 0.6 is 0 Å². The number of imide groups is 1. The van der Waals surface area contributed by atoms with Crippen molar-refractivity contribution in [2.24, 2.45) is 0 Å². The number of anilines is 1. The fourth-order valence-electron chi connectivity index (χ4n) is 3.13. The second-order valence-electron chi connectivity index (χ2n) is 5.67. The highest BCUT2D eigenvalue weighted by Crippen LogP contribution is 2.18. The van der Waals surface area contributed by atoms with Crippen LogP contribution in [0, 0.1) is 0 Å². The summed E-state index contributed by atoms with van der Waals surface area (Å²) in [6.07, 6.45) is 0.200. The molecule has 118 valence electrons. The largest absolute Gasteiger partial charge is 0.369 e. The minimum absolute atomic E-state index is 0.0817. The lowest BCUT2D eigenvalue weighted by atomic mass is 10.2. The predicted molar refractivity (Wildman–Crippen MR) is 84.6 cm³/mol. The molecule has 2 heterocycles. The fraction of sp³-hybridized carbons (Fsp3) is 0.500. The molecule has 3 amide bonds. The molecule has 0 saturated carbocycles. The van der Waals surface area contributed by atoms with E-state index in [0.29, 0.717) is 13.0 Å². The maximum absolute atomic E-state index is 12.0. The average Bonchev–Trinajstić information content (AvgIpc) is 2.55. The highest BCUT2D eigenvalue weighted by atomic mass is 16.2. The quantitative estimate of drug-likeness (QED) is 0.908. The molecule has 2 aliphatic heterocycles. The number of benzene rings is 1. The van der Waals surface area contributed by atoms with E-state index in [1.165, 1.54) is 10.6 Å². The monoisotopic (exact) mass is 302 g/mol. The highest BCUT2D eigenvalue weighted by Gasteiger charge is 2.35. The molecule has 2 fully saturated rings. The number of piperazine rings is 1. The maximum Gasteiger partial charge on any atom is 0.325 e. The van der Waals surface area contributed by atoms with E-state index in [1.54, 1.807) is 0 Å². The fourth-order valence-corrected chi connectivity index (χ4v) is 3.13. The van der Waals surface area contributed by atoms with Gasteiger partial charge in [-0.05, 0) is 19.1 Å². The van der Waals surface area contributed by atoms with Crippen LogP contribution < -0.4 is 10.2 Å². The van der Waals surface area contributed by atoms with Crippen molar-refractivity contribution in [1.82, 2.24) is 15.1 Å². The number of rotatable bonds is 3. The molecule has 0 spiro atoms. The number of urea groups is 1. The number of amides is 3. The van der Waals surface area contributed by atoms with Crippen LogP contribution in [0.25, 0.3) is 0 Å². The molecule has 1 N–H and O–H groups in total. The summed E-state index contributed by atoms with van der Waals surface area (Å²) in [4.78, 5) is 29.7. The first-order chi connectivity index (χ1) is 10.7. The van der Waals surface area contributed by atoms with Crippen molar-refractivity contribution in [3.8, 4) is 0 Å². The number of nitrogens with zero attached hydrogens (tertiary/aromatic N) is 3. The molecule has 1 atom stereocenters. The number of para-hydroxylation sites is 1. The van der Waals surface area contributed by atoms with Crippen molar-refractivity contribution in [2.75, 3.05) is 37.6 Å². The summed E-state index contributed by atoms with van der Waals surface area (Å²) in [6, 6.07) is 10.1.